The number of carbonyl (C=O) groups excluding carboxylic acids is 1. The highest BCUT2D eigenvalue weighted by atomic mass is 16.4. The van der Waals surface area contributed by atoms with Gasteiger partial charge in [0.25, 0.3) is 0 Å². The highest BCUT2D eigenvalue weighted by Crippen LogP contribution is 2.24. The predicted octanol–water partition coefficient (Wildman–Crippen LogP) is 1.63. The summed E-state index contributed by atoms with van der Waals surface area (Å²) in [6, 6.07) is 4.89. The molecule has 1 heterocycles. The van der Waals surface area contributed by atoms with Crippen molar-refractivity contribution in [2.75, 3.05) is 0 Å². The Labute approximate surface area is 115 Å². The molecule has 2 aromatic rings. The Kier molecular flexibility index (Phi) is 2.97. The van der Waals surface area contributed by atoms with Crippen molar-refractivity contribution in [3.05, 3.63) is 39.7 Å². The third-order valence-corrected chi connectivity index (χ3v) is 3.55. The van der Waals surface area contributed by atoms with Crippen molar-refractivity contribution in [3.8, 4) is 5.75 Å². The molecule has 1 fully saturated rings. The molecular weight excluding hydrogens is 258 g/mol. The molecule has 0 atom stereocenters. The molecule has 1 aliphatic carbocycles. The van der Waals surface area contributed by atoms with Gasteiger partial charge in [-0.05, 0) is 37.5 Å². The zero-order chi connectivity index (χ0) is 14.3. The summed E-state index contributed by atoms with van der Waals surface area (Å²) in [7, 11) is 0. The number of phenols is 1. The fourth-order valence-electron chi connectivity index (χ4n) is 2.25. The van der Waals surface area contributed by atoms with Crippen LogP contribution in [-0.4, -0.2) is 17.1 Å². The molecule has 0 aliphatic heterocycles. The van der Waals surface area contributed by atoms with E-state index in [1.54, 1.807) is 13.0 Å². The number of amides is 1. The minimum absolute atomic E-state index is 0.0292. The van der Waals surface area contributed by atoms with Gasteiger partial charge in [-0.15, -0.1) is 0 Å². The maximum Gasteiger partial charge on any atom is 0.340 e. The van der Waals surface area contributed by atoms with Crippen molar-refractivity contribution in [3.63, 3.8) is 0 Å². The van der Waals surface area contributed by atoms with Crippen molar-refractivity contribution in [1.82, 2.24) is 5.32 Å². The fourth-order valence-corrected chi connectivity index (χ4v) is 2.25. The summed E-state index contributed by atoms with van der Waals surface area (Å²) in [4.78, 5) is 23.8. The zero-order valence-corrected chi connectivity index (χ0v) is 11.1. The Morgan fingerprint density at radius 1 is 1.45 bits per heavy atom. The van der Waals surface area contributed by atoms with Gasteiger partial charge in [0.05, 0.1) is 12.0 Å². The number of rotatable bonds is 3. The van der Waals surface area contributed by atoms with Crippen LogP contribution in [0.15, 0.2) is 27.4 Å². The van der Waals surface area contributed by atoms with Crippen LogP contribution in [0.1, 0.15) is 24.0 Å². The molecule has 1 aromatic carbocycles. The average molecular weight is 273 g/mol. The zero-order valence-electron chi connectivity index (χ0n) is 11.1. The first-order valence-electron chi connectivity index (χ1n) is 6.59. The third-order valence-electron chi connectivity index (χ3n) is 3.55. The number of phenolic OH excluding ortho intramolecular Hbond substituents is 1. The number of benzene rings is 1. The Morgan fingerprint density at radius 2 is 2.20 bits per heavy atom. The fraction of sp³-hybridized carbons (Fsp3) is 0.333. The summed E-state index contributed by atoms with van der Waals surface area (Å²) >= 11 is 0. The molecule has 5 heteroatoms. The van der Waals surface area contributed by atoms with Crippen molar-refractivity contribution in [2.24, 2.45) is 0 Å². The van der Waals surface area contributed by atoms with Crippen molar-refractivity contribution in [2.45, 2.75) is 32.2 Å². The van der Waals surface area contributed by atoms with Gasteiger partial charge in [-0.3, -0.25) is 4.79 Å². The van der Waals surface area contributed by atoms with E-state index in [1.165, 1.54) is 12.1 Å². The van der Waals surface area contributed by atoms with E-state index in [2.05, 4.69) is 5.32 Å². The second-order valence-corrected chi connectivity index (χ2v) is 5.19. The molecule has 1 amide bonds. The standard InChI is InChI=1S/C15H15NO4/c1-8-11-5-4-10(17)6-13(11)20-15(19)12(8)7-14(18)16-9-2-3-9/h4-6,9,17H,2-3,7H2,1H3,(H,16,18). The van der Waals surface area contributed by atoms with E-state index >= 15 is 0 Å². The van der Waals surface area contributed by atoms with E-state index in [0.717, 1.165) is 23.8 Å². The van der Waals surface area contributed by atoms with E-state index in [9.17, 15) is 14.7 Å². The van der Waals surface area contributed by atoms with Crippen molar-refractivity contribution >= 4 is 16.9 Å². The van der Waals surface area contributed by atoms with Crippen LogP contribution in [0.3, 0.4) is 0 Å². The maximum atomic E-state index is 12.0. The molecule has 0 spiro atoms. The van der Waals surface area contributed by atoms with E-state index in [-0.39, 0.29) is 24.1 Å². The van der Waals surface area contributed by atoms with Crippen LogP contribution in [0.25, 0.3) is 11.0 Å². The van der Waals surface area contributed by atoms with Crippen LogP contribution < -0.4 is 10.9 Å². The van der Waals surface area contributed by atoms with Crippen LogP contribution in [-0.2, 0) is 11.2 Å². The van der Waals surface area contributed by atoms with Gasteiger partial charge in [-0.2, -0.15) is 0 Å². The smallest absolute Gasteiger partial charge is 0.340 e. The lowest BCUT2D eigenvalue weighted by Crippen LogP contribution is -2.29. The molecular formula is C15H15NO4. The SMILES string of the molecule is Cc1c(CC(=O)NC2CC2)c(=O)oc2cc(O)ccc12. The Bertz CT molecular complexity index is 743. The maximum absolute atomic E-state index is 12.0. The molecule has 1 saturated carbocycles. The van der Waals surface area contributed by atoms with Gasteiger partial charge in [0.1, 0.15) is 11.3 Å². The second kappa shape index (κ2) is 4.67. The summed E-state index contributed by atoms with van der Waals surface area (Å²) in [6.07, 6.45) is 2.05. The minimum Gasteiger partial charge on any atom is -0.508 e. The second-order valence-electron chi connectivity index (χ2n) is 5.19. The van der Waals surface area contributed by atoms with Gasteiger partial charge >= 0.3 is 5.63 Å². The lowest BCUT2D eigenvalue weighted by Gasteiger charge is -2.08. The summed E-state index contributed by atoms with van der Waals surface area (Å²) in [5.74, 6) is -0.111. The Balaban J connectivity index is 1.99. The molecule has 1 aromatic heterocycles. The lowest BCUT2D eigenvalue weighted by molar-refractivity contribution is -0.120. The largest absolute Gasteiger partial charge is 0.508 e. The van der Waals surface area contributed by atoms with E-state index in [0.29, 0.717) is 11.1 Å². The van der Waals surface area contributed by atoms with E-state index < -0.39 is 5.63 Å². The molecule has 0 saturated heterocycles. The van der Waals surface area contributed by atoms with Gasteiger partial charge in [-0.25, -0.2) is 4.79 Å². The highest BCUT2D eigenvalue weighted by Gasteiger charge is 2.24. The van der Waals surface area contributed by atoms with Crippen LogP contribution in [0.2, 0.25) is 0 Å². The number of nitrogens with one attached hydrogen (secondary N) is 1. The molecule has 104 valence electrons. The normalized spacial score (nSPS) is 14.4. The molecule has 0 unspecified atom stereocenters. The summed E-state index contributed by atoms with van der Waals surface area (Å²) in [5, 5.41) is 13.0. The summed E-state index contributed by atoms with van der Waals surface area (Å²) in [6.45, 7) is 1.79. The van der Waals surface area contributed by atoms with E-state index in [4.69, 9.17) is 4.42 Å². The first kappa shape index (κ1) is 12.7. The molecule has 2 N–H and O–H groups in total. The van der Waals surface area contributed by atoms with Crippen LogP contribution in [0, 0.1) is 6.92 Å². The Hall–Kier alpha value is -2.30. The van der Waals surface area contributed by atoms with Gasteiger partial charge in [0.2, 0.25) is 5.91 Å². The Morgan fingerprint density at radius 3 is 2.90 bits per heavy atom. The minimum atomic E-state index is -0.522. The third kappa shape index (κ3) is 2.39. The molecule has 3 rings (SSSR count). The molecule has 0 bridgehead atoms. The van der Waals surface area contributed by atoms with Crippen LogP contribution in [0.4, 0.5) is 0 Å². The monoisotopic (exact) mass is 273 g/mol. The first-order valence-corrected chi connectivity index (χ1v) is 6.59. The highest BCUT2D eigenvalue weighted by molar-refractivity contribution is 5.85. The molecule has 0 radical (unpaired) electrons. The number of aromatic hydroxyl groups is 1. The summed E-state index contributed by atoms with van der Waals surface area (Å²) < 4.78 is 5.18. The molecule has 5 nitrogen and oxygen atoms in total. The number of carbonyl (C=O) groups is 1. The van der Waals surface area contributed by atoms with Gasteiger partial charge < -0.3 is 14.8 Å². The van der Waals surface area contributed by atoms with Crippen LogP contribution in [0.5, 0.6) is 5.75 Å². The van der Waals surface area contributed by atoms with Gasteiger partial charge in [0.15, 0.2) is 0 Å². The van der Waals surface area contributed by atoms with Crippen molar-refractivity contribution < 1.29 is 14.3 Å². The topological polar surface area (TPSA) is 79.5 Å². The van der Waals surface area contributed by atoms with E-state index in [1.807, 2.05) is 0 Å². The predicted molar refractivity (Wildman–Crippen MR) is 73.8 cm³/mol. The molecule has 1 aliphatic rings. The number of fused-ring (bicyclic) bond motifs is 1. The number of hydrogen-bond donors (Lipinski definition) is 2. The quantitative estimate of drug-likeness (QED) is 0.833. The van der Waals surface area contributed by atoms with Crippen molar-refractivity contribution in [1.29, 1.82) is 0 Å². The van der Waals surface area contributed by atoms with Gasteiger partial charge in [0, 0.05) is 17.5 Å². The number of hydrogen-bond acceptors (Lipinski definition) is 4. The number of aryl methyl sites for hydroxylation is 1. The van der Waals surface area contributed by atoms with Gasteiger partial charge in [-0.1, -0.05) is 0 Å². The van der Waals surface area contributed by atoms with Crippen LogP contribution >= 0.6 is 0 Å². The lowest BCUT2D eigenvalue weighted by atomic mass is 10.0. The molecule has 20 heavy (non-hydrogen) atoms. The first-order chi connectivity index (χ1) is 9.54. The average Bonchev–Trinajstić information content (AvgIpc) is 3.18. The summed E-state index contributed by atoms with van der Waals surface area (Å²) in [5.41, 5.74) is 0.911.